The van der Waals surface area contributed by atoms with Crippen molar-refractivity contribution in [1.82, 2.24) is 0 Å². The molecule has 0 radical (unpaired) electrons. The Kier molecular flexibility index (Phi) is 13.2. The molecule has 2 nitrogen and oxygen atoms in total. The quantitative estimate of drug-likeness (QED) is 0.471. The lowest BCUT2D eigenvalue weighted by molar-refractivity contribution is -0.134. The van der Waals surface area contributed by atoms with Gasteiger partial charge in [0.25, 0.3) is 5.97 Å². The summed E-state index contributed by atoms with van der Waals surface area (Å²) < 4.78 is 0. The van der Waals surface area contributed by atoms with Crippen LogP contribution in [0.1, 0.15) is 13.8 Å². The lowest BCUT2D eigenvalue weighted by Gasteiger charge is -1.59. The topological polar surface area (TPSA) is 37.3 Å². The summed E-state index contributed by atoms with van der Waals surface area (Å²) in [6.45, 7) is 3.07. The molecule has 0 aromatic heterocycles. The zero-order chi connectivity index (χ0) is 6.28. The normalized spacial score (nSPS) is 6.14. The maximum absolute atomic E-state index is 9.00. The molecule has 0 saturated carbocycles. The molecule has 0 amide bonds. The van der Waals surface area contributed by atoms with Gasteiger partial charge in [0.2, 0.25) is 0 Å². The molecule has 0 aromatic carbocycles. The lowest BCUT2D eigenvalue weighted by Crippen LogP contribution is -1.78. The number of carboxylic acid groups (broad SMARTS) is 1. The van der Waals surface area contributed by atoms with Gasteiger partial charge in [0.1, 0.15) is 0 Å². The molecule has 1 N–H and O–H groups in total. The first-order valence-corrected chi connectivity index (χ1v) is 2.58. The van der Waals surface area contributed by atoms with Crippen molar-refractivity contribution in [2.45, 2.75) is 13.8 Å². The number of carboxylic acids is 1. The predicted molar refractivity (Wildman–Crippen MR) is 32.8 cm³/mol. The Labute approximate surface area is 49.0 Å². The van der Waals surface area contributed by atoms with Crippen molar-refractivity contribution in [2.75, 3.05) is 5.75 Å². The van der Waals surface area contributed by atoms with Gasteiger partial charge in [-0.3, -0.25) is 4.79 Å². The van der Waals surface area contributed by atoms with Gasteiger partial charge in [-0.1, -0.05) is 6.92 Å². The van der Waals surface area contributed by atoms with Gasteiger partial charge >= 0.3 is 0 Å². The second-order valence-corrected chi connectivity index (χ2v) is 1.47. The summed E-state index contributed by atoms with van der Waals surface area (Å²) in [4.78, 5) is 9.00. The molecule has 0 spiro atoms. The summed E-state index contributed by atoms with van der Waals surface area (Å²) in [5.74, 6) is 0.111. The molecule has 7 heavy (non-hydrogen) atoms. The molecule has 0 aliphatic carbocycles. The van der Waals surface area contributed by atoms with Crippen molar-refractivity contribution in [1.29, 1.82) is 0 Å². The van der Waals surface area contributed by atoms with E-state index in [2.05, 4.69) is 12.6 Å². The Morgan fingerprint density at radius 1 is 1.86 bits per heavy atom. The highest BCUT2D eigenvalue weighted by Crippen LogP contribution is 1.58. The fraction of sp³-hybridized carbons (Fsp3) is 0.750. The molecule has 0 aliphatic heterocycles. The van der Waals surface area contributed by atoms with E-state index >= 15 is 0 Å². The zero-order valence-corrected chi connectivity index (χ0v) is 5.40. The maximum Gasteiger partial charge on any atom is 0.300 e. The minimum Gasteiger partial charge on any atom is -0.481 e. The van der Waals surface area contributed by atoms with Crippen LogP contribution in [0.25, 0.3) is 0 Å². The van der Waals surface area contributed by atoms with E-state index in [1.54, 1.807) is 0 Å². The molecule has 0 aromatic rings. The summed E-state index contributed by atoms with van der Waals surface area (Å²) in [7, 11) is 0. The maximum atomic E-state index is 9.00. The van der Waals surface area contributed by atoms with Gasteiger partial charge in [0, 0.05) is 6.92 Å². The smallest absolute Gasteiger partial charge is 0.300 e. The second kappa shape index (κ2) is 9.27. The van der Waals surface area contributed by atoms with Crippen LogP contribution in [-0.4, -0.2) is 16.8 Å². The highest BCUT2D eigenvalue weighted by molar-refractivity contribution is 7.80. The third-order valence-corrected chi connectivity index (χ3v) is 0. The Bertz CT molecular complexity index is 41.0. The molecule has 0 bridgehead atoms. The van der Waals surface area contributed by atoms with Crippen molar-refractivity contribution < 1.29 is 9.90 Å². The molecule has 0 fully saturated rings. The minimum absolute atomic E-state index is 0.833. The average molecular weight is 122 g/mol. The highest BCUT2D eigenvalue weighted by atomic mass is 32.1. The molecule has 44 valence electrons. The van der Waals surface area contributed by atoms with Crippen molar-refractivity contribution in [3.63, 3.8) is 0 Å². The molecule has 0 rings (SSSR count). The standard InChI is InChI=1S/C2H4O2.C2H6S/c1-2(3)4;1-2-3/h1H3,(H,3,4);3H,2H2,1H3. The first kappa shape index (κ1) is 9.94. The second-order valence-electron chi connectivity index (χ2n) is 0.835. The van der Waals surface area contributed by atoms with Crippen molar-refractivity contribution in [3.05, 3.63) is 0 Å². The first-order valence-electron chi connectivity index (χ1n) is 1.95. The van der Waals surface area contributed by atoms with Crippen molar-refractivity contribution in [2.24, 2.45) is 0 Å². The van der Waals surface area contributed by atoms with E-state index in [9.17, 15) is 0 Å². The van der Waals surface area contributed by atoms with Crippen LogP contribution in [0.4, 0.5) is 0 Å². The lowest BCUT2D eigenvalue weighted by atomic mass is 10.9. The SMILES string of the molecule is CC(=O)O.CCS. The van der Waals surface area contributed by atoms with E-state index in [0.717, 1.165) is 12.7 Å². The largest absolute Gasteiger partial charge is 0.481 e. The third kappa shape index (κ3) is 2620. The average Bonchev–Trinajstić information content (AvgIpc) is 1.33. The van der Waals surface area contributed by atoms with Crippen LogP contribution in [0.3, 0.4) is 0 Å². The van der Waals surface area contributed by atoms with E-state index in [4.69, 9.17) is 9.90 Å². The van der Waals surface area contributed by atoms with Crippen LogP contribution < -0.4 is 0 Å². The van der Waals surface area contributed by atoms with Crippen molar-refractivity contribution >= 4 is 18.6 Å². The Morgan fingerprint density at radius 3 is 1.86 bits per heavy atom. The van der Waals surface area contributed by atoms with Crippen LogP contribution in [0, 0.1) is 0 Å². The first-order chi connectivity index (χ1) is 3.15. The number of rotatable bonds is 0. The number of aliphatic carboxylic acids is 1. The summed E-state index contributed by atoms with van der Waals surface area (Å²) in [5.41, 5.74) is 0. The summed E-state index contributed by atoms with van der Waals surface area (Å²) in [5, 5.41) is 7.42. The molecule has 3 heteroatoms. The highest BCUT2D eigenvalue weighted by Gasteiger charge is 1.65. The molecular formula is C4H10O2S. The molecule has 0 atom stereocenters. The Balaban J connectivity index is 0. The van der Waals surface area contributed by atoms with Gasteiger partial charge in [-0.15, -0.1) is 0 Å². The van der Waals surface area contributed by atoms with Gasteiger partial charge in [-0.05, 0) is 5.75 Å². The van der Waals surface area contributed by atoms with Gasteiger partial charge < -0.3 is 5.11 Å². The Hall–Kier alpha value is -0.180. The molecule has 0 heterocycles. The van der Waals surface area contributed by atoms with E-state index < -0.39 is 5.97 Å². The number of hydrogen-bond donors (Lipinski definition) is 2. The van der Waals surface area contributed by atoms with Crippen LogP contribution in [0.15, 0.2) is 0 Å². The summed E-state index contributed by atoms with van der Waals surface area (Å²) in [6.07, 6.45) is 0. The number of hydrogen-bond acceptors (Lipinski definition) is 2. The fourth-order valence-corrected chi connectivity index (χ4v) is 0. The van der Waals surface area contributed by atoms with Crippen LogP contribution in [-0.2, 0) is 4.79 Å². The van der Waals surface area contributed by atoms with Gasteiger partial charge in [0.05, 0.1) is 0 Å². The van der Waals surface area contributed by atoms with E-state index in [1.807, 2.05) is 6.92 Å². The molecule has 0 unspecified atom stereocenters. The number of thiol groups is 1. The zero-order valence-electron chi connectivity index (χ0n) is 4.51. The van der Waals surface area contributed by atoms with Gasteiger partial charge in [-0.2, -0.15) is 12.6 Å². The minimum atomic E-state index is -0.833. The molecular weight excluding hydrogens is 112 g/mol. The fourth-order valence-electron chi connectivity index (χ4n) is 0. The van der Waals surface area contributed by atoms with Crippen LogP contribution in [0.5, 0.6) is 0 Å². The summed E-state index contributed by atoms with van der Waals surface area (Å²) >= 11 is 3.79. The number of carbonyl (C=O) groups is 1. The predicted octanol–water partition coefficient (Wildman–Crippen LogP) is 1.03. The van der Waals surface area contributed by atoms with Crippen molar-refractivity contribution in [3.8, 4) is 0 Å². The van der Waals surface area contributed by atoms with E-state index in [-0.39, 0.29) is 0 Å². The third-order valence-electron chi connectivity index (χ3n) is 0. The van der Waals surface area contributed by atoms with Crippen LogP contribution >= 0.6 is 12.6 Å². The monoisotopic (exact) mass is 122 g/mol. The van der Waals surface area contributed by atoms with Gasteiger partial charge in [-0.25, -0.2) is 0 Å². The van der Waals surface area contributed by atoms with Crippen LogP contribution in [0.2, 0.25) is 0 Å². The van der Waals surface area contributed by atoms with E-state index in [1.165, 1.54) is 0 Å². The summed E-state index contributed by atoms with van der Waals surface area (Å²) in [6, 6.07) is 0. The molecule has 0 aliphatic rings. The molecule has 0 saturated heterocycles. The van der Waals surface area contributed by atoms with Gasteiger partial charge in [0.15, 0.2) is 0 Å². The Morgan fingerprint density at radius 2 is 1.86 bits per heavy atom. The van der Waals surface area contributed by atoms with E-state index in [0.29, 0.717) is 0 Å².